The SMILES string of the molecule is CCN(C(=O)C12CC1C2)C1CCOc2c(C)cc(F)cc21. The van der Waals surface area contributed by atoms with E-state index in [-0.39, 0.29) is 23.2 Å². The predicted molar refractivity (Wildman–Crippen MR) is 76.5 cm³/mol. The Balaban J connectivity index is 1.71. The van der Waals surface area contributed by atoms with E-state index in [1.165, 1.54) is 12.1 Å². The first-order chi connectivity index (χ1) is 10.1. The van der Waals surface area contributed by atoms with Crippen molar-refractivity contribution in [2.24, 2.45) is 11.3 Å². The van der Waals surface area contributed by atoms with Crippen LogP contribution in [0, 0.1) is 24.1 Å². The van der Waals surface area contributed by atoms with E-state index >= 15 is 0 Å². The Labute approximate surface area is 124 Å². The standard InChI is InChI=1S/C17H20FNO2/c1-3-19(16(20)17-8-11(17)9-17)14-4-5-21-15-10(2)6-12(18)7-13(14)15/h6-7,11,14H,3-5,8-9H2,1-2H3. The number of nitrogens with zero attached hydrogens (tertiary/aromatic N) is 1. The van der Waals surface area contributed by atoms with Gasteiger partial charge in [0.1, 0.15) is 11.6 Å². The van der Waals surface area contributed by atoms with Gasteiger partial charge >= 0.3 is 0 Å². The van der Waals surface area contributed by atoms with E-state index < -0.39 is 0 Å². The van der Waals surface area contributed by atoms with Crippen molar-refractivity contribution in [3.05, 3.63) is 29.1 Å². The molecule has 1 aromatic carbocycles. The van der Waals surface area contributed by atoms with Crippen molar-refractivity contribution in [3.8, 4) is 5.75 Å². The zero-order valence-corrected chi connectivity index (χ0v) is 12.5. The van der Waals surface area contributed by atoms with E-state index in [2.05, 4.69) is 0 Å². The molecule has 4 heteroatoms. The Morgan fingerprint density at radius 3 is 2.81 bits per heavy atom. The molecule has 0 radical (unpaired) electrons. The molecule has 2 fully saturated rings. The molecule has 0 N–H and O–H groups in total. The molecule has 1 amide bonds. The Morgan fingerprint density at radius 1 is 1.48 bits per heavy atom. The molecule has 0 aromatic heterocycles. The van der Waals surface area contributed by atoms with Crippen LogP contribution in [0.15, 0.2) is 12.1 Å². The summed E-state index contributed by atoms with van der Waals surface area (Å²) in [7, 11) is 0. The maximum Gasteiger partial charge on any atom is 0.229 e. The Bertz CT molecular complexity index is 621. The summed E-state index contributed by atoms with van der Waals surface area (Å²) in [4.78, 5) is 14.7. The third-order valence-electron chi connectivity index (χ3n) is 5.35. The molecule has 1 heterocycles. The van der Waals surface area contributed by atoms with Gasteiger partial charge in [0.15, 0.2) is 0 Å². The average Bonchev–Trinajstić information content (AvgIpc) is 3.29. The highest BCUT2D eigenvalue weighted by atomic mass is 19.1. The molecule has 2 aliphatic carbocycles. The van der Waals surface area contributed by atoms with Gasteiger partial charge in [-0.3, -0.25) is 4.79 Å². The second kappa shape index (κ2) is 4.21. The molecule has 112 valence electrons. The highest BCUT2D eigenvalue weighted by Crippen LogP contribution is 2.76. The average molecular weight is 289 g/mol. The molecule has 0 saturated heterocycles. The summed E-state index contributed by atoms with van der Waals surface area (Å²) in [5.41, 5.74) is 1.62. The number of rotatable bonds is 3. The molecule has 2 saturated carbocycles. The highest BCUT2D eigenvalue weighted by molar-refractivity contribution is 5.90. The number of amides is 1. The van der Waals surface area contributed by atoms with Gasteiger partial charge in [0.25, 0.3) is 0 Å². The van der Waals surface area contributed by atoms with Gasteiger partial charge in [0.2, 0.25) is 5.91 Å². The molecule has 3 aliphatic rings. The van der Waals surface area contributed by atoms with E-state index in [1.807, 2.05) is 18.7 Å². The van der Waals surface area contributed by atoms with Crippen molar-refractivity contribution in [2.75, 3.05) is 13.2 Å². The van der Waals surface area contributed by atoms with Gasteiger partial charge in [-0.15, -0.1) is 0 Å². The van der Waals surface area contributed by atoms with E-state index in [4.69, 9.17) is 4.74 Å². The number of aryl methyl sites for hydroxylation is 1. The van der Waals surface area contributed by atoms with Crippen LogP contribution in [0.25, 0.3) is 0 Å². The lowest BCUT2D eigenvalue weighted by Gasteiger charge is -2.36. The van der Waals surface area contributed by atoms with Crippen LogP contribution < -0.4 is 4.74 Å². The first kappa shape index (κ1) is 13.1. The summed E-state index contributed by atoms with van der Waals surface area (Å²) in [5.74, 6) is 1.42. The molecule has 4 rings (SSSR count). The fourth-order valence-electron chi connectivity index (χ4n) is 3.79. The van der Waals surface area contributed by atoms with Crippen molar-refractivity contribution < 1.29 is 13.9 Å². The van der Waals surface area contributed by atoms with Gasteiger partial charge in [-0.25, -0.2) is 4.39 Å². The van der Waals surface area contributed by atoms with Crippen LogP contribution in [0.1, 0.15) is 43.4 Å². The summed E-state index contributed by atoms with van der Waals surface area (Å²) in [6.45, 7) is 5.13. The number of ether oxygens (including phenoxy) is 1. The zero-order chi connectivity index (χ0) is 14.8. The lowest BCUT2D eigenvalue weighted by molar-refractivity contribution is -0.137. The Kier molecular flexibility index (Phi) is 2.63. The van der Waals surface area contributed by atoms with E-state index in [9.17, 15) is 9.18 Å². The molecule has 3 nitrogen and oxygen atoms in total. The predicted octanol–water partition coefficient (Wildman–Crippen LogP) is 3.22. The molecule has 1 unspecified atom stereocenters. The maximum absolute atomic E-state index is 13.8. The van der Waals surface area contributed by atoms with Gasteiger partial charge in [0.05, 0.1) is 18.1 Å². The minimum absolute atomic E-state index is 0.0309. The second-order valence-electron chi connectivity index (χ2n) is 6.65. The summed E-state index contributed by atoms with van der Waals surface area (Å²) in [6, 6.07) is 2.99. The molecule has 1 aromatic rings. The molecule has 21 heavy (non-hydrogen) atoms. The summed E-state index contributed by atoms with van der Waals surface area (Å²) in [6.07, 6.45) is 2.86. The van der Waals surface area contributed by atoms with Gasteiger partial charge in [0, 0.05) is 18.5 Å². The first-order valence-electron chi connectivity index (χ1n) is 7.80. The lowest BCUT2D eigenvalue weighted by atomic mass is 9.95. The quantitative estimate of drug-likeness (QED) is 0.855. The number of benzene rings is 1. The monoisotopic (exact) mass is 289 g/mol. The van der Waals surface area contributed by atoms with E-state index in [0.717, 1.165) is 36.1 Å². The van der Waals surface area contributed by atoms with Crippen LogP contribution in [0.3, 0.4) is 0 Å². The fraction of sp³-hybridized carbons (Fsp3) is 0.588. The summed E-state index contributed by atoms with van der Waals surface area (Å²) >= 11 is 0. The number of carbonyl (C=O) groups excluding carboxylic acids is 1. The smallest absolute Gasteiger partial charge is 0.229 e. The molecule has 0 spiro atoms. The number of hydrogen-bond acceptors (Lipinski definition) is 2. The minimum atomic E-state index is -0.251. The van der Waals surface area contributed by atoms with Crippen LogP contribution in [-0.4, -0.2) is 24.0 Å². The fourth-order valence-corrected chi connectivity index (χ4v) is 3.79. The van der Waals surface area contributed by atoms with Gasteiger partial charge < -0.3 is 9.64 Å². The lowest BCUT2D eigenvalue weighted by Crippen LogP contribution is -2.39. The highest BCUT2D eigenvalue weighted by Gasteiger charge is 2.75. The van der Waals surface area contributed by atoms with Crippen LogP contribution in [0.2, 0.25) is 0 Å². The molecule has 1 aliphatic heterocycles. The van der Waals surface area contributed by atoms with Crippen LogP contribution in [0.5, 0.6) is 5.75 Å². The van der Waals surface area contributed by atoms with Crippen molar-refractivity contribution in [2.45, 2.75) is 39.2 Å². The number of fused-ring (bicyclic) bond motifs is 2. The van der Waals surface area contributed by atoms with Gasteiger partial charge in [-0.1, -0.05) is 0 Å². The molecule has 1 atom stereocenters. The summed E-state index contributed by atoms with van der Waals surface area (Å²) < 4.78 is 19.5. The Hall–Kier alpha value is -1.58. The normalized spacial score (nSPS) is 31.8. The molecule has 0 bridgehead atoms. The van der Waals surface area contributed by atoms with Gasteiger partial charge in [-0.05, 0) is 50.3 Å². The third-order valence-corrected chi connectivity index (χ3v) is 5.35. The number of halogens is 1. The molecular formula is C17H20FNO2. The van der Waals surface area contributed by atoms with E-state index in [1.54, 1.807) is 0 Å². The molecular weight excluding hydrogens is 269 g/mol. The van der Waals surface area contributed by atoms with Crippen molar-refractivity contribution >= 4 is 5.91 Å². The summed E-state index contributed by atoms with van der Waals surface area (Å²) in [5, 5.41) is 0. The Morgan fingerprint density at radius 2 is 2.19 bits per heavy atom. The zero-order valence-electron chi connectivity index (χ0n) is 12.5. The van der Waals surface area contributed by atoms with Gasteiger partial charge in [-0.2, -0.15) is 0 Å². The van der Waals surface area contributed by atoms with Crippen molar-refractivity contribution in [3.63, 3.8) is 0 Å². The third kappa shape index (κ3) is 1.81. The maximum atomic E-state index is 13.8. The minimum Gasteiger partial charge on any atom is -0.493 e. The number of carbonyl (C=O) groups is 1. The van der Waals surface area contributed by atoms with Crippen LogP contribution >= 0.6 is 0 Å². The van der Waals surface area contributed by atoms with E-state index in [0.29, 0.717) is 19.1 Å². The topological polar surface area (TPSA) is 29.5 Å². The van der Waals surface area contributed by atoms with Crippen LogP contribution in [0.4, 0.5) is 4.39 Å². The van der Waals surface area contributed by atoms with Crippen LogP contribution in [-0.2, 0) is 4.79 Å². The van der Waals surface area contributed by atoms with Crippen molar-refractivity contribution in [1.82, 2.24) is 4.90 Å². The number of hydrogen-bond donors (Lipinski definition) is 0. The second-order valence-corrected chi connectivity index (χ2v) is 6.65. The largest absolute Gasteiger partial charge is 0.493 e. The first-order valence-corrected chi connectivity index (χ1v) is 7.80. The van der Waals surface area contributed by atoms with Crippen molar-refractivity contribution in [1.29, 1.82) is 0 Å².